The first kappa shape index (κ1) is 20.6. The lowest BCUT2D eigenvalue weighted by atomic mass is 10.2. The Labute approximate surface area is 173 Å². The molecule has 0 atom stereocenters. The number of hydrogen-bond donors (Lipinski definition) is 2. The molecular formula is C22H22N2O4S. The van der Waals surface area contributed by atoms with Gasteiger partial charge in [-0.15, -0.1) is 11.3 Å². The molecule has 0 fully saturated rings. The predicted octanol–water partition coefficient (Wildman–Crippen LogP) is 4.23. The van der Waals surface area contributed by atoms with Gasteiger partial charge in [-0.05, 0) is 48.0 Å². The van der Waals surface area contributed by atoms with E-state index < -0.39 is 0 Å². The van der Waals surface area contributed by atoms with Crippen LogP contribution in [-0.2, 0) is 4.79 Å². The molecule has 7 heteroatoms. The number of aliphatic hydroxyl groups is 1. The fourth-order valence-electron chi connectivity index (χ4n) is 2.47. The molecule has 6 nitrogen and oxygen atoms in total. The Bertz CT molecular complexity index is 950. The van der Waals surface area contributed by atoms with Crippen LogP contribution >= 0.6 is 11.3 Å². The number of amides is 1. The van der Waals surface area contributed by atoms with Crippen LogP contribution in [0.15, 0.2) is 60.0 Å². The van der Waals surface area contributed by atoms with Crippen LogP contribution in [0.5, 0.6) is 11.5 Å². The molecule has 0 aliphatic heterocycles. The van der Waals surface area contributed by atoms with E-state index in [2.05, 4.69) is 10.3 Å². The molecule has 2 aromatic carbocycles. The minimum Gasteiger partial charge on any atom is -0.497 e. The quantitative estimate of drug-likeness (QED) is 0.408. The van der Waals surface area contributed by atoms with Gasteiger partial charge < -0.3 is 14.6 Å². The van der Waals surface area contributed by atoms with E-state index in [1.165, 1.54) is 17.4 Å². The molecule has 150 valence electrons. The van der Waals surface area contributed by atoms with Crippen LogP contribution in [0.25, 0.3) is 17.3 Å². The molecule has 1 aromatic heterocycles. The smallest absolute Gasteiger partial charge is 0.250 e. The lowest BCUT2D eigenvalue weighted by Crippen LogP contribution is -2.07. The topological polar surface area (TPSA) is 80.7 Å². The average Bonchev–Trinajstić information content (AvgIpc) is 3.22. The maximum Gasteiger partial charge on any atom is 0.250 e. The maximum absolute atomic E-state index is 12.2. The van der Waals surface area contributed by atoms with E-state index in [1.54, 1.807) is 13.2 Å². The molecule has 0 aliphatic carbocycles. The second-order valence-electron chi connectivity index (χ2n) is 6.08. The first-order valence-corrected chi connectivity index (χ1v) is 9.98. The van der Waals surface area contributed by atoms with E-state index in [4.69, 9.17) is 14.6 Å². The van der Waals surface area contributed by atoms with Crippen molar-refractivity contribution in [1.29, 1.82) is 0 Å². The summed E-state index contributed by atoms with van der Waals surface area (Å²) in [6.45, 7) is 0.580. The van der Waals surface area contributed by atoms with Gasteiger partial charge in [-0.3, -0.25) is 10.1 Å². The highest BCUT2D eigenvalue weighted by atomic mass is 32.1. The summed E-state index contributed by atoms with van der Waals surface area (Å²) >= 11 is 1.37. The largest absolute Gasteiger partial charge is 0.497 e. The second-order valence-corrected chi connectivity index (χ2v) is 6.94. The van der Waals surface area contributed by atoms with Gasteiger partial charge in [0.05, 0.1) is 19.4 Å². The molecule has 0 radical (unpaired) electrons. The summed E-state index contributed by atoms with van der Waals surface area (Å²) in [6, 6.07) is 15.0. The van der Waals surface area contributed by atoms with Gasteiger partial charge in [-0.2, -0.15) is 0 Å². The van der Waals surface area contributed by atoms with Crippen molar-refractivity contribution >= 4 is 28.5 Å². The molecule has 1 heterocycles. The summed E-state index contributed by atoms with van der Waals surface area (Å²) in [5, 5.41) is 14.0. The van der Waals surface area contributed by atoms with Crippen molar-refractivity contribution in [2.24, 2.45) is 0 Å². The number of hydrogen-bond acceptors (Lipinski definition) is 6. The zero-order valence-corrected chi connectivity index (χ0v) is 16.8. The number of aliphatic hydroxyl groups excluding tert-OH is 1. The summed E-state index contributed by atoms with van der Waals surface area (Å²) < 4.78 is 10.6. The number of nitrogens with one attached hydrogen (secondary N) is 1. The molecule has 0 bridgehead atoms. The Kier molecular flexibility index (Phi) is 7.38. The summed E-state index contributed by atoms with van der Waals surface area (Å²) in [6.07, 6.45) is 3.79. The van der Waals surface area contributed by atoms with Gasteiger partial charge in [-0.25, -0.2) is 4.98 Å². The van der Waals surface area contributed by atoms with Crippen molar-refractivity contribution in [1.82, 2.24) is 4.98 Å². The average molecular weight is 410 g/mol. The van der Waals surface area contributed by atoms with Crippen LogP contribution in [0.3, 0.4) is 0 Å². The van der Waals surface area contributed by atoms with Crippen LogP contribution in [0, 0.1) is 0 Å². The zero-order chi connectivity index (χ0) is 20.5. The Morgan fingerprint density at radius 1 is 1.14 bits per heavy atom. The fourth-order valence-corrected chi connectivity index (χ4v) is 3.20. The van der Waals surface area contributed by atoms with Crippen LogP contribution < -0.4 is 14.8 Å². The van der Waals surface area contributed by atoms with Crippen LogP contribution in [0.2, 0.25) is 0 Å². The fraction of sp³-hybridized carbons (Fsp3) is 0.182. The Morgan fingerprint density at radius 3 is 2.55 bits per heavy atom. The third kappa shape index (κ3) is 6.17. The van der Waals surface area contributed by atoms with Crippen molar-refractivity contribution in [2.45, 2.75) is 6.42 Å². The number of nitrogens with zero attached hydrogens (tertiary/aromatic N) is 1. The molecule has 0 saturated heterocycles. The highest BCUT2D eigenvalue weighted by molar-refractivity contribution is 7.14. The number of anilines is 1. The number of methoxy groups -OCH3 is 1. The summed E-state index contributed by atoms with van der Waals surface area (Å²) in [4.78, 5) is 16.6. The van der Waals surface area contributed by atoms with Gasteiger partial charge in [0, 0.05) is 30.0 Å². The highest BCUT2D eigenvalue weighted by Gasteiger charge is 2.07. The van der Waals surface area contributed by atoms with E-state index >= 15 is 0 Å². The van der Waals surface area contributed by atoms with Gasteiger partial charge in [-0.1, -0.05) is 12.1 Å². The minimum atomic E-state index is -0.246. The third-order valence-corrected chi connectivity index (χ3v) is 4.76. The number of aromatic nitrogens is 1. The van der Waals surface area contributed by atoms with Crippen LogP contribution in [0.1, 0.15) is 12.0 Å². The van der Waals surface area contributed by atoms with Crippen molar-refractivity contribution < 1.29 is 19.4 Å². The molecular weight excluding hydrogens is 388 g/mol. The molecule has 29 heavy (non-hydrogen) atoms. The second kappa shape index (κ2) is 10.4. The van der Waals surface area contributed by atoms with Gasteiger partial charge in [0.2, 0.25) is 5.91 Å². The Balaban J connectivity index is 1.54. The zero-order valence-electron chi connectivity index (χ0n) is 16.0. The first-order valence-electron chi connectivity index (χ1n) is 9.10. The molecule has 0 saturated carbocycles. The van der Waals surface area contributed by atoms with E-state index in [1.807, 2.05) is 53.9 Å². The number of carbonyl (C=O) groups is 1. The maximum atomic E-state index is 12.2. The number of carbonyl (C=O) groups excluding carboxylic acids is 1. The lowest BCUT2D eigenvalue weighted by Gasteiger charge is -2.04. The van der Waals surface area contributed by atoms with Gasteiger partial charge >= 0.3 is 0 Å². The monoisotopic (exact) mass is 410 g/mol. The molecule has 3 aromatic rings. The summed E-state index contributed by atoms with van der Waals surface area (Å²) in [5.41, 5.74) is 2.64. The summed E-state index contributed by atoms with van der Waals surface area (Å²) in [7, 11) is 1.63. The number of rotatable bonds is 9. The molecule has 1 amide bonds. The summed E-state index contributed by atoms with van der Waals surface area (Å²) in [5.74, 6) is 1.27. The minimum absolute atomic E-state index is 0.108. The lowest BCUT2D eigenvalue weighted by molar-refractivity contribution is -0.111. The van der Waals surface area contributed by atoms with Crippen LogP contribution in [0.4, 0.5) is 5.13 Å². The first-order chi connectivity index (χ1) is 14.2. The molecule has 0 aliphatic rings. The van der Waals surface area contributed by atoms with E-state index in [9.17, 15) is 4.79 Å². The number of ether oxygens (including phenoxy) is 2. The van der Waals surface area contributed by atoms with Crippen molar-refractivity contribution in [3.63, 3.8) is 0 Å². The van der Waals surface area contributed by atoms with E-state index in [0.717, 1.165) is 28.3 Å². The van der Waals surface area contributed by atoms with Gasteiger partial charge in [0.1, 0.15) is 11.5 Å². The molecule has 0 spiro atoms. The van der Waals surface area contributed by atoms with Gasteiger partial charge in [0.25, 0.3) is 0 Å². The molecule has 3 rings (SSSR count). The highest BCUT2D eigenvalue weighted by Crippen LogP contribution is 2.26. The molecule has 2 N–H and O–H groups in total. The molecule has 0 unspecified atom stereocenters. The van der Waals surface area contributed by atoms with Crippen LogP contribution in [-0.4, -0.2) is 36.3 Å². The van der Waals surface area contributed by atoms with Gasteiger partial charge in [0.15, 0.2) is 5.13 Å². The van der Waals surface area contributed by atoms with Crippen molar-refractivity contribution in [3.8, 4) is 22.8 Å². The Morgan fingerprint density at radius 2 is 1.86 bits per heavy atom. The normalized spacial score (nSPS) is 10.8. The number of thiazole rings is 1. The van der Waals surface area contributed by atoms with E-state index in [0.29, 0.717) is 18.2 Å². The standard InChI is InChI=1S/C22H22N2O4S/c1-27-18-10-6-17(7-11-18)20-15-29-22(23-20)24-21(26)12-5-16-3-8-19(9-4-16)28-14-2-13-25/h3-12,15,25H,2,13-14H2,1H3,(H,23,24,26)/b12-5+. The SMILES string of the molecule is COc1ccc(-c2csc(NC(=O)/C=C/c3ccc(OCCCO)cc3)n2)cc1. The van der Waals surface area contributed by atoms with E-state index in [-0.39, 0.29) is 12.5 Å². The predicted molar refractivity (Wildman–Crippen MR) is 115 cm³/mol. The van der Waals surface area contributed by atoms with Crippen molar-refractivity contribution in [2.75, 3.05) is 25.6 Å². The third-order valence-electron chi connectivity index (χ3n) is 4.00. The number of benzene rings is 2. The van der Waals surface area contributed by atoms with Crippen molar-refractivity contribution in [3.05, 3.63) is 65.6 Å². The Hall–Kier alpha value is -3.16.